The molecule has 29 heteroatoms. The number of benzene rings is 6. The van der Waals surface area contributed by atoms with Crippen molar-refractivity contribution in [3.63, 3.8) is 0 Å². The summed E-state index contributed by atoms with van der Waals surface area (Å²) >= 11 is 12.1. The highest BCUT2D eigenvalue weighted by Gasteiger charge is 2.25. The monoisotopic (exact) mass is 1580 g/mol. The first-order chi connectivity index (χ1) is 53.9. The van der Waals surface area contributed by atoms with E-state index in [9.17, 15) is 17.2 Å². The van der Waals surface area contributed by atoms with E-state index in [1.807, 2.05) is 52.0 Å². The smallest absolute Gasteiger partial charge is 0.238 e. The third-order valence-corrected chi connectivity index (χ3v) is 20.8. The Morgan fingerprint density at radius 2 is 1.07 bits per heavy atom. The number of nitrogen functional groups attached to an aromatic ring is 5. The van der Waals surface area contributed by atoms with Crippen molar-refractivity contribution < 1.29 is 17.2 Å². The van der Waals surface area contributed by atoms with Crippen molar-refractivity contribution >= 4 is 80.4 Å². The van der Waals surface area contributed by atoms with Gasteiger partial charge in [0.1, 0.15) is 29.1 Å². The zero-order chi connectivity index (χ0) is 81.4. The number of nitriles is 1. The van der Waals surface area contributed by atoms with Gasteiger partial charge in [0, 0.05) is 75.7 Å². The van der Waals surface area contributed by atoms with E-state index in [0.717, 1.165) is 122 Å². The van der Waals surface area contributed by atoms with Gasteiger partial charge in [-0.2, -0.15) is 25.3 Å². The van der Waals surface area contributed by atoms with E-state index in [0.29, 0.717) is 92.8 Å². The van der Waals surface area contributed by atoms with Gasteiger partial charge in [-0.15, -0.1) is 6.42 Å². The fourth-order valence-corrected chi connectivity index (χ4v) is 13.2. The normalized spacial score (nSPS) is 12.1. The van der Waals surface area contributed by atoms with E-state index < -0.39 is 10.0 Å². The fraction of sp³-hybridized carbons (Fsp3) is 0.262. The second-order valence-electron chi connectivity index (χ2n) is 27.7. The average molecular weight is 1580 g/mol. The lowest BCUT2D eigenvalue weighted by atomic mass is 9.99. The maximum absolute atomic E-state index is 13.7. The van der Waals surface area contributed by atoms with Crippen LogP contribution in [0.1, 0.15) is 111 Å². The van der Waals surface area contributed by atoms with E-state index in [-0.39, 0.29) is 34.4 Å². The molecule has 582 valence electrons. The molecular weight excluding hydrogens is 1490 g/mol. The Morgan fingerprint density at radius 3 is 1.67 bits per heavy atom. The Balaban J connectivity index is 0.000000151. The van der Waals surface area contributed by atoms with Gasteiger partial charge in [-0.3, -0.25) is 5.10 Å². The second kappa shape index (κ2) is 37.6. The van der Waals surface area contributed by atoms with Crippen molar-refractivity contribution in [3.05, 3.63) is 234 Å². The lowest BCUT2D eigenvalue weighted by molar-refractivity contribution is 0.597. The Morgan fingerprint density at radius 1 is 0.531 bits per heavy atom. The Kier molecular flexibility index (Phi) is 27.7. The number of aryl methyl sites for hydroxylation is 6. The molecule has 24 nitrogen and oxygen atoms in total. The molecule has 0 aliphatic heterocycles. The number of hydrogen-bond donors (Lipinski definition) is 10. The van der Waals surface area contributed by atoms with Crippen LogP contribution < -0.4 is 49.8 Å². The maximum Gasteiger partial charge on any atom is 0.238 e. The van der Waals surface area contributed by atoms with Gasteiger partial charge >= 0.3 is 0 Å². The van der Waals surface area contributed by atoms with E-state index in [1.165, 1.54) is 66.6 Å². The van der Waals surface area contributed by atoms with Crippen LogP contribution >= 0.6 is 23.2 Å². The molecule has 0 atom stereocenters. The van der Waals surface area contributed by atoms with Crippen LogP contribution in [0.3, 0.4) is 0 Å². The van der Waals surface area contributed by atoms with Gasteiger partial charge in [0.05, 0.1) is 67.3 Å². The average Bonchev–Trinajstić information content (AvgIpc) is 1.80. The number of anilines is 8. The molecule has 2 aliphatic carbocycles. The van der Waals surface area contributed by atoms with Crippen molar-refractivity contribution in [2.45, 2.75) is 131 Å². The Labute approximate surface area is 667 Å². The van der Waals surface area contributed by atoms with Crippen LogP contribution in [0.2, 0.25) is 10.0 Å². The van der Waals surface area contributed by atoms with Crippen LogP contribution in [0.25, 0.3) is 56.3 Å². The van der Waals surface area contributed by atoms with Crippen LogP contribution in [0.5, 0.6) is 0 Å². The van der Waals surface area contributed by atoms with Gasteiger partial charge in [0.2, 0.25) is 39.8 Å². The minimum absolute atomic E-state index is 0.0763. The molecule has 2 saturated carbocycles. The molecule has 0 unspecified atom stereocenters. The number of nitrogens with zero attached hydrogens (tertiary/aromatic N) is 12. The largest absolute Gasteiger partial charge is 0.370 e. The summed E-state index contributed by atoms with van der Waals surface area (Å²) in [5, 5.41) is 31.8. The maximum atomic E-state index is 13.7. The minimum Gasteiger partial charge on any atom is -0.370 e. The molecule has 0 bridgehead atoms. The molecule has 6 heterocycles. The molecule has 2 fully saturated rings. The van der Waals surface area contributed by atoms with Crippen molar-refractivity contribution in [2.24, 2.45) is 11.1 Å². The number of halogens is 4. The highest BCUT2D eigenvalue weighted by molar-refractivity contribution is 7.89. The number of sulfonamides is 1. The van der Waals surface area contributed by atoms with Crippen molar-refractivity contribution in [3.8, 4) is 74.7 Å². The first kappa shape index (κ1) is 83.2. The predicted molar refractivity (Wildman–Crippen MR) is 448 cm³/mol. The van der Waals surface area contributed by atoms with Crippen LogP contribution in [0, 0.1) is 104 Å². The second-order valence-corrected chi connectivity index (χ2v) is 30.0. The molecule has 113 heavy (non-hydrogen) atoms. The summed E-state index contributed by atoms with van der Waals surface area (Å²) in [5.41, 5.74) is 50.5. The van der Waals surface area contributed by atoms with Gasteiger partial charge in [-0.25, -0.2) is 57.2 Å². The third kappa shape index (κ3) is 22.9. The molecule has 0 radical (unpaired) electrons. The highest BCUT2D eigenvalue weighted by atomic mass is 35.5. The topological polar surface area (TPSA) is 408 Å². The van der Waals surface area contributed by atoms with E-state index in [2.05, 4.69) is 133 Å². The third-order valence-electron chi connectivity index (χ3n) is 19.0. The van der Waals surface area contributed by atoms with Gasteiger partial charge in [-0.05, 0) is 237 Å². The summed E-state index contributed by atoms with van der Waals surface area (Å²) in [6.45, 7) is 18.4. The zero-order valence-electron chi connectivity index (χ0n) is 64.3. The van der Waals surface area contributed by atoms with Crippen LogP contribution in [-0.2, 0) is 35.7 Å². The standard InChI is InChI=1S/C20H22FN5O2S.C20H25N5.C16H18FN3.C15H15N5.C13H10Cl2N4/c1-12-10-17(21)13(2)9-16(12)18-11-19(26-20(22)25-18)24-8-7-14-3-5-15(6-4-14)29(23,27)28;1-12-7-5-9-17(13(12)2)19-11-16(22-20(21)23-19)8-6-10-18-14(3)24-25-15(18)4;1-9-10(2)14(17)6-5-13(9)15-8-12(7-11-3-4-11)19-16(18)20-15;1-9-10(8-16)3-2-4-12(9)13-7-14(18-11-5-6-11)20-15(17)19-13;1-2-6-17-11-7-10(18-13(16)19-11)8-4-3-5-9(14)12(8)15/h3-6,9-11H,7-8H2,1-2H3,(H2,23,27,28)(H3,22,24,25,26);5,7,9,11H,6,8,10H2,1-4H3,(H,24,25)(H2,21,22,23);5-6,8,11H,3-4,7H2,1-2H3,(H2,18,19,20);2-4,7,11H,5-6H2,1H3,(H3,17,18,19,20);1,3-5,7H,6H2,(H3,16,17,18,19). The predicted octanol–water partition coefficient (Wildman–Crippen LogP) is 15.6. The summed E-state index contributed by atoms with van der Waals surface area (Å²) in [7, 11) is -3.70. The molecular formula is C84H90Cl2F2N22O2S. The van der Waals surface area contributed by atoms with Gasteiger partial charge in [0.25, 0.3) is 0 Å². The number of primary sulfonamides is 1. The SMILES string of the molecule is C#CCNc1cc(-c2cccc(Cl)c2Cl)nc(N)n1.Cc1c(C#N)cccc1-c1cc(NC2CC2)nc(N)n1.Cc1c(F)ccc(-c2cc(CC3CC3)nc(N)n2)c1C.Cc1cc(-c2cc(NCCc3ccc(S(N)(=O)=O)cc3)nc(N)n2)c(C)cc1F.Cc1cccc(-c2cc(CCCc3c(C)n[nH]c3C)nc(N)n2)c1C. The van der Waals surface area contributed by atoms with E-state index in [4.69, 9.17) is 68.7 Å². The molecule has 16 N–H and O–H groups in total. The number of rotatable bonds is 20. The van der Waals surface area contributed by atoms with Crippen LogP contribution in [0.4, 0.5) is 56.0 Å². The summed E-state index contributed by atoms with van der Waals surface area (Å²) in [6, 6.07) is 42.1. The van der Waals surface area contributed by atoms with Gasteiger partial charge in [0.15, 0.2) is 0 Å². The molecule has 6 aromatic carbocycles. The molecule has 14 rings (SSSR count). The highest BCUT2D eigenvalue weighted by Crippen LogP contribution is 2.37. The number of H-pyrrole nitrogens is 1. The van der Waals surface area contributed by atoms with Crippen LogP contribution in [0.15, 0.2) is 138 Å². The lowest BCUT2D eigenvalue weighted by Crippen LogP contribution is -2.12. The molecule has 2 aliphatic rings. The summed E-state index contributed by atoms with van der Waals surface area (Å²) in [6.07, 6.45) is 14.5. The molecule has 6 aromatic heterocycles. The minimum atomic E-state index is -3.70. The van der Waals surface area contributed by atoms with Crippen molar-refractivity contribution in [1.29, 1.82) is 5.26 Å². The quantitative estimate of drug-likeness (QED) is 0.0317. The zero-order valence-corrected chi connectivity index (χ0v) is 66.6. The van der Waals surface area contributed by atoms with Crippen molar-refractivity contribution in [1.82, 2.24) is 60.0 Å². The van der Waals surface area contributed by atoms with Gasteiger partial charge in [-0.1, -0.05) is 83.7 Å². The fourth-order valence-electron chi connectivity index (χ4n) is 12.3. The summed E-state index contributed by atoms with van der Waals surface area (Å²) in [5.74, 6) is 5.70. The molecule has 0 amide bonds. The first-order valence-corrected chi connectivity index (χ1v) is 38.8. The molecule has 0 saturated heterocycles. The Bertz CT molecular complexity index is 5630. The van der Waals surface area contributed by atoms with E-state index in [1.54, 1.807) is 74.5 Å². The Hall–Kier alpha value is -12.3. The molecule has 0 spiro atoms. The number of aromatic nitrogens is 12. The summed E-state index contributed by atoms with van der Waals surface area (Å²) in [4.78, 5) is 42.7. The first-order valence-electron chi connectivity index (χ1n) is 36.5. The lowest BCUT2D eigenvalue weighted by Gasteiger charge is -2.11. The van der Waals surface area contributed by atoms with E-state index >= 15 is 0 Å². The number of aromatic amines is 1. The summed E-state index contributed by atoms with van der Waals surface area (Å²) < 4.78 is 49.9. The number of terminal acetylenes is 1. The van der Waals surface area contributed by atoms with Crippen molar-refractivity contribution in [2.75, 3.05) is 57.7 Å². The van der Waals surface area contributed by atoms with Crippen LogP contribution in [-0.4, -0.2) is 87.6 Å². The number of nitrogens with one attached hydrogen (secondary N) is 4. The number of nitrogens with two attached hydrogens (primary N) is 6. The molecule has 12 aromatic rings. The van der Waals surface area contributed by atoms with Gasteiger partial charge < -0.3 is 44.6 Å². The number of hydrogen-bond acceptors (Lipinski definition) is 22.